The monoisotopic (exact) mass is 248 g/mol. The van der Waals surface area contributed by atoms with Crippen LogP contribution in [-0.2, 0) is 4.79 Å². The van der Waals surface area contributed by atoms with Crippen LogP contribution in [0.5, 0.6) is 0 Å². The van der Waals surface area contributed by atoms with E-state index in [4.69, 9.17) is 0 Å². The van der Waals surface area contributed by atoms with E-state index < -0.39 is 0 Å². The molecule has 2 N–H and O–H groups in total. The second-order valence-electron chi connectivity index (χ2n) is 4.81. The molecule has 100 valence electrons. The maximum atomic E-state index is 11.6. The van der Waals surface area contributed by atoms with E-state index in [9.17, 15) is 4.79 Å². The van der Waals surface area contributed by atoms with Crippen molar-refractivity contribution in [3.63, 3.8) is 0 Å². The van der Waals surface area contributed by atoms with E-state index in [0.29, 0.717) is 25.0 Å². The van der Waals surface area contributed by atoms with Gasteiger partial charge in [0.1, 0.15) is 0 Å². The number of benzene rings is 1. The molecule has 1 aromatic rings. The van der Waals surface area contributed by atoms with E-state index in [1.54, 1.807) is 0 Å². The summed E-state index contributed by atoms with van der Waals surface area (Å²) in [7, 11) is 0. The summed E-state index contributed by atoms with van der Waals surface area (Å²) in [5.74, 6) is 0.414. The van der Waals surface area contributed by atoms with Crippen LogP contribution in [0.2, 0.25) is 0 Å². The Kier molecular flexibility index (Phi) is 6.44. The Hall–Kier alpha value is -1.35. The van der Waals surface area contributed by atoms with Crippen molar-refractivity contribution in [2.45, 2.75) is 39.2 Å². The Morgan fingerprint density at radius 2 is 1.89 bits per heavy atom. The first-order valence-electron chi connectivity index (χ1n) is 6.68. The molecule has 18 heavy (non-hydrogen) atoms. The molecule has 1 amide bonds. The van der Waals surface area contributed by atoms with Crippen molar-refractivity contribution in [3.05, 3.63) is 35.9 Å². The Morgan fingerprint density at radius 1 is 1.22 bits per heavy atom. The van der Waals surface area contributed by atoms with Crippen LogP contribution in [-0.4, -0.2) is 25.0 Å². The first-order chi connectivity index (χ1) is 8.63. The summed E-state index contributed by atoms with van der Waals surface area (Å²) < 4.78 is 0. The minimum Gasteiger partial charge on any atom is -0.354 e. The van der Waals surface area contributed by atoms with Gasteiger partial charge in [-0.05, 0) is 24.8 Å². The smallest absolute Gasteiger partial charge is 0.233 e. The number of amides is 1. The summed E-state index contributed by atoms with van der Waals surface area (Å²) in [6.45, 7) is 7.40. The quantitative estimate of drug-likeness (QED) is 0.777. The Bertz CT molecular complexity index is 351. The van der Waals surface area contributed by atoms with Crippen LogP contribution < -0.4 is 10.6 Å². The third kappa shape index (κ3) is 5.32. The van der Waals surface area contributed by atoms with E-state index in [1.807, 2.05) is 18.2 Å². The maximum Gasteiger partial charge on any atom is 0.233 e. The number of carbonyl (C=O) groups is 1. The average Bonchev–Trinajstić information content (AvgIpc) is 2.42. The molecule has 0 saturated heterocycles. The normalized spacial score (nSPS) is 13.9. The molecular formula is C15H24N2O. The molecular weight excluding hydrogens is 224 g/mol. The summed E-state index contributed by atoms with van der Waals surface area (Å²) >= 11 is 0. The predicted molar refractivity (Wildman–Crippen MR) is 75.6 cm³/mol. The van der Waals surface area contributed by atoms with Crippen molar-refractivity contribution in [2.24, 2.45) is 0 Å². The van der Waals surface area contributed by atoms with Gasteiger partial charge in [0.15, 0.2) is 0 Å². The van der Waals surface area contributed by atoms with Gasteiger partial charge in [0.2, 0.25) is 5.91 Å². The van der Waals surface area contributed by atoms with Gasteiger partial charge in [-0.3, -0.25) is 4.79 Å². The average molecular weight is 248 g/mol. The molecule has 0 aromatic heterocycles. The second-order valence-corrected chi connectivity index (χ2v) is 4.81. The van der Waals surface area contributed by atoms with Crippen LogP contribution in [0.3, 0.4) is 0 Å². The number of rotatable bonds is 7. The minimum atomic E-state index is 0.0677. The van der Waals surface area contributed by atoms with Crippen LogP contribution in [0.4, 0.5) is 0 Å². The number of hydrogen-bond donors (Lipinski definition) is 2. The SMILES string of the molecule is CCC(C)NCC(=O)NCC(C)c1ccccc1. The molecule has 0 aliphatic heterocycles. The Morgan fingerprint density at radius 3 is 2.50 bits per heavy atom. The van der Waals surface area contributed by atoms with Crippen LogP contribution in [0, 0.1) is 0 Å². The standard InChI is InChI=1S/C15H24N2O/c1-4-13(3)16-11-15(18)17-10-12(2)14-8-6-5-7-9-14/h5-9,12-13,16H,4,10-11H2,1-3H3,(H,17,18). The summed E-state index contributed by atoms with van der Waals surface area (Å²) in [5.41, 5.74) is 1.26. The highest BCUT2D eigenvalue weighted by Gasteiger charge is 2.08. The van der Waals surface area contributed by atoms with Crippen LogP contribution >= 0.6 is 0 Å². The molecule has 2 atom stereocenters. The largest absolute Gasteiger partial charge is 0.354 e. The highest BCUT2D eigenvalue weighted by molar-refractivity contribution is 5.78. The highest BCUT2D eigenvalue weighted by Crippen LogP contribution is 2.12. The number of carbonyl (C=O) groups excluding carboxylic acids is 1. The molecule has 0 heterocycles. The van der Waals surface area contributed by atoms with Gasteiger partial charge in [0.25, 0.3) is 0 Å². The molecule has 0 fully saturated rings. The molecule has 3 heteroatoms. The van der Waals surface area contributed by atoms with Crippen molar-refractivity contribution < 1.29 is 4.79 Å². The fourth-order valence-electron chi connectivity index (χ4n) is 1.64. The van der Waals surface area contributed by atoms with Crippen molar-refractivity contribution in [3.8, 4) is 0 Å². The van der Waals surface area contributed by atoms with Gasteiger partial charge in [-0.1, -0.05) is 44.2 Å². The summed E-state index contributed by atoms with van der Waals surface area (Å²) in [4.78, 5) is 11.6. The lowest BCUT2D eigenvalue weighted by Crippen LogP contribution is -2.38. The molecule has 0 aliphatic rings. The van der Waals surface area contributed by atoms with E-state index in [-0.39, 0.29) is 5.91 Å². The first-order valence-corrected chi connectivity index (χ1v) is 6.68. The molecule has 0 saturated carbocycles. The number of hydrogen-bond acceptors (Lipinski definition) is 2. The van der Waals surface area contributed by atoms with E-state index in [1.165, 1.54) is 5.56 Å². The van der Waals surface area contributed by atoms with Crippen LogP contribution in [0.15, 0.2) is 30.3 Å². The molecule has 0 bridgehead atoms. The van der Waals surface area contributed by atoms with Crippen molar-refractivity contribution in [2.75, 3.05) is 13.1 Å². The van der Waals surface area contributed by atoms with Gasteiger partial charge in [-0.25, -0.2) is 0 Å². The van der Waals surface area contributed by atoms with E-state index >= 15 is 0 Å². The molecule has 3 nitrogen and oxygen atoms in total. The Labute approximate surface area is 110 Å². The fourth-order valence-corrected chi connectivity index (χ4v) is 1.64. The van der Waals surface area contributed by atoms with Gasteiger partial charge in [-0.15, -0.1) is 0 Å². The van der Waals surface area contributed by atoms with Gasteiger partial charge in [-0.2, -0.15) is 0 Å². The summed E-state index contributed by atoms with van der Waals surface area (Å²) in [6.07, 6.45) is 1.04. The molecule has 1 rings (SSSR count). The predicted octanol–water partition coefficient (Wildman–Crippen LogP) is 2.29. The van der Waals surface area contributed by atoms with Crippen LogP contribution in [0.1, 0.15) is 38.7 Å². The maximum absolute atomic E-state index is 11.6. The summed E-state index contributed by atoms with van der Waals surface area (Å²) in [6, 6.07) is 10.6. The van der Waals surface area contributed by atoms with Gasteiger partial charge < -0.3 is 10.6 Å². The van der Waals surface area contributed by atoms with E-state index in [2.05, 4.69) is 43.5 Å². The lowest BCUT2D eigenvalue weighted by molar-refractivity contribution is -0.120. The van der Waals surface area contributed by atoms with Crippen molar-refractivity contribution in [1.29, 1.82) is 0 Å². The van der Waals surface area contributed by atoms with Gasteiger partial charge in [0, 0.05) is 12.6 Å². The van der Waals surface area contributed by atoms with Crippen molar-refractivity contribution in [1.82, 2.24) is 10.6 Å². The Balaban J connectivity index is 2.26. The highest BCUT2D eigenvalue weighted by atomic mass is 16.1. The third-order valence-electron chi connectivity index (χ3n) is 3.20. The zero-order valence-electron chi connectivity index (χ0n) is 11.6. The van der Waals surface area contributed by atoms with Crippen molar-refractivity contribution >= 4 is 5.91 Å². The fraction of sp³-hybridized carbons (Fsp3) is 0.533. The summed E-state index contributed by atoms with van der Waals surface area (Å²) in [5, 5.41) is 6.14. The van der Waals surface area contributed by atoms with E-state index in [0.717, 1.165) is 6.42 Å². The van der Waals surface area contributed by atoms with Gasteiger partial charge in [0.05, 0.1) is 6.54 Å². The second kappa shape index (κ2) is 7.88. The lowest BCUT2D eigenvalue weighted by atomic mass is 10.0. The third-order valence-corrected chi connectivity index (χ3v) is 3.20. The molecule has 0 aliphatic carbocycles. The minimum absolute atomic E-state index is 0.0677. The van der Waals surface area contributed by atoms with Gasteiger partial charge >= 0.3 is 0 Å². The first kappa shape index (κ1) is 14.7. The molecule has 0 radical (unpaired) electrons. The molecule has 2 unspecified atom stereocenters. The molecule has 0 spiro atoms. The zero-order valence-corrected chi connectivity index (χ0v) is 11.6. The molecule has 1 aromatic carbocycles. The van der Waals surface area contributed by atoms with Crippen LogP contribution in [0.25, 0.3) is 0 Å². The number of nitrogens with one attached hydrogen (secondary N) is 2. The zero-order chi connectivity index (χ0) is 13.4. The lowest BCUT2D eigenvalue weighted by Gasteiger charge is -2.14. The topological polar surface area (TPSA) is 41.1 Å².